The van der Waals surface area contributed by atoms with Gasteiger partial charge in [0.05, 0.1) is 18.8 Å². The maximum Gasteiger partial charge on any atom is 0.254 e. The molecule has 2 aromatic rings. The second-order valence-electron chi connectivity index (χ2n) is 5.88. The molecule has 1 N–H and O–H groups in total. The molecule has 124 valence electrons. The van der Waals surface area contributed by atoms with E-state index in [9.17, 15) is 4.79 Å². The molecule has 0 amide bonds. The third-order valence-corrected chi connectivity index (χ3v) is 4.27. The number of imidazole rings is 1. The van der Waals surface area contributed by atoms with Crippen LogP contribution in [0.15, 0.2) is 17.2 Å². The van der Waals surface area contributed by atoms with Gasteiger partial charge in [-0.25, -0.2) is 9.97 Å². The molecule has 0 atom stereocenters. The predicted molar refractivity (Wildman–Crippen MR) is 86.4 cm³/mol. The highest BCUT2D eigenvalue weighted by Crippen LogP contribution is 2.13. The first-order chi connectivity index (χ1) is 11.2. The molecule has 3 heterocycles. The van der Waals surface area contributed by atoms with Gasteiger partial charge in [0.1, 0.15) is 11.6 Å². The Kier molecular flexibility index (Phi) is 4.88. The van der Waals surface area contributed by atoms with Crippen LogP contribution in [0.3, 0.4) is 0 Å². The number of ether oxygens (including phenoxy) is 1. The predicted octanol–water partition coefficient (Wildman–Crippen LogP) is 0.522. The number of hydrogen-bond acceptors (Lipinski definition) is 5. The van der Waals surface area contributed by atoms with Crippen molar-refractivity contribution >= 4 is 0 Å². The van der Waals surface area contributed by atoms with E-state index in [1.807, 2.05) is 19.3 Å². The summed E-state index contributed by atoms with van der Waals surface area (Å²) in [7, 11) is 1.70. The fourth-order valence-corrected chi connectivity index (χ4v) is 3.02. The summed E-state index contributed by atoms with van der Waals surface area (Å²) in [6.07, 6.45) is 5.35. The molecule has 0 saturated carbocycles. The number of nitrogens with one attached hydrogen (secondary N) is 1. The minimum atomic E-state index is 0.0101. The van der Waals surface area contributed by atoms with E-state index in [-0.39, 0.29) is 5.56 Å². The molecule has 0 radical (unpaired) electrons. The van der Waals surface area contributed by atoms with Gasteiger partial charge in [-0.1, -0.05) is 0 Å². The summed E-state index contributed by atoms with van der Waals surface area (Å²) in [5.74, 6) is 1.73. The molecule has 0 bridgehead atoms. The topological polar surface area (TPSA) is 76.0 Å². The van der Waals surface area contributed by atoms with Crippen LogP contribution in [-0.2, 0) is 30.7 Å². The van der Waals surface area contributed by atoms with Gasteiger partial charge in [0, 0.05) is 51.1 Å². The van der Waals surface area contributed by atoms with Crippen LogP contribution in [0.1, 0.15) is 22.9 Å². The Balaban J connectivity index is 1.69. The van der Waals surface area contributed by atoms with Crippen molar-refractivity contribution in [3.8, 4) is 0 Å². The lowest BCUT2D eigenvalue weighted by Gasteiger charge is -2.19. The van der Waals surface area contributed by atoms with Crippen LogP contribution in [-0.4, -0.2) is 51.2 Å². The third-order valence-electron chi connectivity index (χ3n) is 4.27. The molecule has 1 aliphatic rings. The van der Waals surface area contributed by atoms with Crippen molar-refractivity contribution in [3.63, 3.8) is 0 Å². The Morgan fingerprint density at radius 1 is 1.35 bits per heavy atom. The fraction of sp³-hybridized carbons (Fsp3) is 0.562. The van der Waals surface area contributed by atoms with E-state index in [2.05, 4.69) is 24.4 Å². The minimum absolute atomic E-state index is 0.0101. The Labute approximate surface area is 135 Å². The second-order valence-corrected chi connectivity index (χ2v) is 5.88. The number of nitrogens with zero attached hydrogens (tertiary/aromatic N) is 4. The minimum Gasteiger partial charge on any atom is -0.383 e. The second kappa shape index (κ2) is 7.06. The number of aromatic nitrogens is 4. The number of aryl methyl sites for hydroxylation is 1. The van der Waals surface area contributed by atoms with Crippen LogP contribution < -0.4 is 5.56 Å². The number of H-pyrrole nitrogens is 1. The lowest BCUT2D eigenvalue weighted by Crippen LogP contribution is -2.28. The summed E-state index contributed by atoms with van der Waals surface area (Å²) >= 11 is 0. The van der Waals surface area contributed by atoms with Crippen molar-refractivity contribution < 1.29 is 4.74 Å². The summed E-state index contributed by atoms with van der Waals surface area (Å²) in [5, 5.41) is 0. The summed E-state index contributed by atoms with van der Waals surface area (Å²) in [4.78, 5) is 26.2. The van der Waals surface area contributed by atoms with Crippen LogP contribution in [0, 0.1) is 6.92 Å². The Morgan fingerprint density at radius 3 is 3.00 bits per heavy atom. The Morgan fingerprint density at radius 2 is 2.17 bits per heavy atom. The quantitative estimate of drug-likeness (QED) is 0.870. The molecule has 0 fully saturated rings. The van der Waals surface area contributed by atoms with E-state index in [0.717, 1.165) is 56.1 Å². The van der Waals surface area contributed by atoms with Crippen molar-refractivity contribution in [3.05, 3.63) is 45.7 Å². The number of hydrogen-bond donors (Lipinski definition) is 1. The van der Waals surface area contributed by atoms with Gasteiger partial charge in [0.15, 0.2) is 0 Å². The summed E-state index contributed by atoms with van der Waals surface area (Å²) in [6.45, 7) is 5.82. The van der Waals surface area contributed by atoms with Crippen molar-refractivity contribution in [2.45, 2.75) is 32.9 Å². The first-order valence-corrected chi connectivity index (χ1v) is 7.97. The normalized spacial score (nSPS) is 15.4. The highest BCUT2D eigenvalue weighted by molar-refractivity contribution is 5.20. The van der Waals surface area contributed by atoms with E-state index in [0.29, 0.717) is 12.4 Å². The molecule has 7 nitrogen and oxygen atoms in total. The SMILES string of the molecule is COCCn1ccnc1CN1CCc2nc(C)[nH]c(=O)c2CC1. The zero-order chi connectivity index (χ0) is 16.2. The smallest absolute Gasteiger partial charge is 0.254 e. The van der Waals surface area contributed by atoms with Crippen molar-refractivity contribution in [2.24, 2.45) is 0 Å². The molecule has 7 heteroatoms. The molecular weight excluding hydrogens is 294 g/mol. The lowest BCUT2D eigenvalue weighted by atomic mass is 10.1. The largest absolute Gasteiger partial charge is 0.383 e. The van der Waals surface area contributed by atoms with E-state index in [4.69, 9.17) is 4.74 Å². The third kappa shape index (κ3) is 3.68. The van der Waals surface area contributed by atoms with Gasteiger partial charge in [-0.05, 0) is 13.3 Å². The Hall–Kier alpha value is -1.99. The fourth-order valence-electron chi connectivity index (χ4n) is 3.02. The van der Waals surface area contributed by atoms with Crippen molar-refractivity contribution in [2.75, 3.05) is 26.8 Å². The van der Waals surface area contributed by atoms with Gasteiger partial charge >= 0.3 is 0 Å². The molecule has 1 aliphatic heterocycles. The summed E-state index contributed by atoms with van der Waals surface area (Å²) < 4.78 is 7.26. The maximum atomic E-state index is 12.1. The van der Waals surface area contributed by atoms with Crippen molar-refractivity contribution in [1.29, 1.82) is 0 Å². The van der Waals surface area contributed by atoms with Gasteiger partial charge < -0.3 is 14.3 Å². The maximum absolute atomic E-state index is 12.1. The van der Waals surface area contributed by atoms with Crippen LogP contribution in [0.25, 0.3) is 0 Å². The number of rotatable bonds is 5. The number of aromatic amines is 1. The van der Waals surface area contributed by atoms with Crippen LogP contribution in [0.2, 0.25) is 0 Å². The summed E-state index contributed by atoms with van der Waals surface area (Å²) in [5.41, 5.74) is 1.79. The van der Waals surface area contributed by atoms with E-state index in [1.54, 1.807) is 7.11 Å². The molecule has 0 saturated heterocycles. The zero-order valence-corrected chi connectivity index (χ0v) is 13.7. The van der Waals surface area contributed by atoms with Crippen LogP contribution >= 0.6 is 0 Å². The lowest BCUT2D eigenvalue weighted by molar-refractivity contribution is 0.184. The van der Waals surface area contributed by atoms with Gasteiger partial charge in [-0.2, -0.15) is 0 Å². The highest BCUT2D eigenvalue weighted by atomic mass is 16.5. The zero-order valence-electron chi connectivity index (χ0n) is 13.7. The monoisotopic (exact) mass is 317 g/mol. The average Bonchev–Trinajstić information content (AvgIpc) is 2.85. The van der Waals surface area contributed by atoms with Crippen LogP contribution in [0.4, 0.5) is 0 Å². The molecule has 0 unspecified atom stereocenters. The number of methoxy groups -OCH3 is 1. The van der Waals surface area contributed by atoms with Gasteiger partial charge in [-0.15, -0.1) is 0 Å². The van der Waals surface area contributed by atoms with Gasteiger partial charge in [0.2, 0.25) is 0 Å². The van der Waals surface area contributed by atoms with E-state index in [1.165, 1.54) is 0 Å². The average molecular weight is 317 g/mol. The first kappa shape index (κ1) is 15.9. The molecular formula is C16H23N5O2. The first-order valence-electron chi connectivity index (χ1n) is 7.97. The van der Waals surface area contributed by atoms with E-state index < -0.39 is 0 Å². The Bertz CT molecular complexity index is 722. The molecule has 23 heavy (non-hydrogen) atoms. The van der Waals surface area contributed by atoms with Gasteiger partial charge in [-0.3, -0.25) is 9.69 Å². The molecule has 0 aromatic carbocycles. The summed E-state index contributed by atoms with van der Waals surface area (Å²) in [6, 6.07) is 0. The van der Waals surface area contributed by atoms with E-state index >= 15 is 0 Å². The standard InChI is InChI=1S/C16H23N5O2/c1-12-18-14-4-7-20(6-3-13(14)16(22)19-12)11-15-17-5-8-21(15)9-10-23-2/h5,8H,3-4,6-7,9-11H2,1-2H3,(H,18,19,22). The molecule has 3 rings (SSSR count). The molecule has 2 aromatic heterocycles. The van der Waals surface area contributed by atoms with Crippen molar-refractivity contribution in [1.82, 2.24) is 24.4 Å². The highest BCUT2D eigenvalue weighted by Gasteiger charge is 2.19. The van der Waals surface area contributed by atoms with Gasteiger partial charge in [0.25, 0.3) is 5.56 Å². The molecule has 0 spiro atoms. The molecule has 0 aliphatic carbocycles. The number of fused-ring (bicyclic) bond motifs is 1. The van der Waals surface area contributed by atoms with Crippen LogP contribution in [0.5, 0.6) is 0 Å².